The Kier molecular flexibility index (Phi) is 7.18. The summed E-state index contributed by atoms with van der Waals surface area (Å²) in [5.41, 5.74) is 2.73. The fraction of sp³-hybridized carbons (Fsp3) is 0.182. The van der Waals surface area contributed by atoms with E-state index < -0.39 is 11.9 Å². The lowest BCUT2D eigenvalue weighted by Crippen LogP contribution is -2.08. The van der Waals surface area contributed by atoms with Gasteiger partial charge in [0.15, 0.2) is 0 Å². The number of methoxy groups -OCH3 is 1. The van der Waals surface area contributed by atoms with Gasteiger partial charge in [0.05, 0.1) is 25.0 Å². The molecule has 0 saturated heterocycles. The summed E-state index contributed by atoms with van der Waals surface area (Å²) in [5.74, 6) is -1.10. The molecule has 0 fully saturated rings. The standard InChI is InChI=1S/C22H19N3O4S2/c1-4-29-21(26)17-13(2)18(22(27)28-3)31-20(17)24-11-15(10-23)19-25-16(12-30-19)14-8-6-5-7-9-14/h5-9,11-12,24H,4H2,1-3H3. The van der Waals surface area contributed by atoms with E-state index in [-0.39, 0.29) is 12.2 Å². The number of hydrogen-bond acceptors (Lipinski definition) is 9. The van der Waals surface area contributed by atoms with Crippen LogP contribution in [-0.4, -0.2) is 30.6 Å². The molecule has 0 atom stereocenters. The molecule has 0 aliphatic rings. The second-order valence-electron chi connectivity index (χ2n) is 6.19. The van der Waals surface area contributed by atoms with E-state index in [0.717, 1.165) is 22.6 Å². The Labute approximate surface area is 187 Å². The van der Waals surface area contributed by atoms with Gasteiger partial charge in [0, 0.05) is 17.1 Å². The zero-order valence-corrected chi connectivity index (χ0v) is 18.7. The van der Waals surface area contributed by atoms with Gasteiger partial charge in [0.2, 0.25) is 0 Å². The van der Waals surface area contributed by atoms with Crippen molar-refractivity contribution in [2.45, 2.75) is 13.8 Å². The number of ether oxygens (including phenoxy) is 2. The Balaban J connectivity index is 1.94. The molecule has 0 unspecified atom stereocenters. The third-order valence-corrected chi connectivity index (χ3v) is 6.35. The molecule has 0 bridgehead atoms. The maximum Gasteiger partial charge on any atom is 0.348 e. The van der Waals surface area contributed by atoms with Crippen molar-refractivity contribution >= 4 is 45.2 Å². The topological polar surface area (TPSA) is 101 Å². The van der Waals surface area contributed by atoms with Crippen LogP contribution in [-0.2, 0) is 9.47 Å². The zero-order chi connectivity index (χ0) is 22.4. The summed E-state index contributed by atoms with van der Waals surface area (Å²) in [6, 6.07) is 11.8. The Hall–Kier alpha value is -3.48. The van der Waals surface area contributed by atoms with Crippen LogP contribution in [0, 0.1) is 18.3 Å². The lowest BCUT2D eigenvalue weighted by Gasteiger charge is -2.05. The van der Waals surface area contributed by atoms with Crippen molar-refractivity contribution in [3.05, 3.63) is 62.9 Å². The number of nitrogens with zero attached hydrogens (tertiary/aromatic N) is 2. The molecule has 0 aliphatic carbocycles. The summed E-state index contributed by atoms with van der Waals surface area (Å²) >= 11 is 2.41. The normalized spacial score (nSPS) is 11.0. The van der Waals surface area contributed by atoms with Crippen LogP contribution in [0.15, 0.2) is 41.9 Å². The number of esters is 2. The van der Waals surface area contributed by atoms with Gasteiger partial charge in [-0.15, -0.1) is 22.7 Å². The molecular formula is C22H19N3O4S2. The molecule has 2 aromatic heterocycles. The number of rotatable bonds is 7. The maximum absolute atomic E-state index is 12.5. The van der Waals surface area contributed by atoms with Gasteiger partial charge in [-0.25, -0.2) is 14.6 Å². The number of nitriles is 1. The summed E-state index contributed by atoms with van der Waals surface area (Å²) in [5, 5.41) is 15.4. The lowest BCUT2D eigenvalue weighted by molar-refractivity contribution is 0.0527. The highest BCUT2D eigenvalue weighted by Crippen LogP contribution is 2.35. The van der Waals surface area contributed by atoms with Crippen molar-refractivity contribution < 1.29 is 19.1 Å². The molecule has 1 aromatic carbocycles. The van der Waals surface area contributed by atoms with Gasteiger partial charge in [-0.1, -0.05) is 30.3 Å². The van der Waals surface area contributed by atoms with Crippen LogP contribution in [0.1, 0.15) is 37.5 Å². The monoisotopic (exact) mass is 453 g/mol. The molecule has 0 radical (unpaired) electrons. The summed E-state index contributed by atoms with van der Waals surface area (Å²) in [4.78, 5) is 29.3. The van der Waals surface area contributed by atoms with Gasteiger partial charge >= 0.3 is 11.9 Å². The zero-order valence-electron chi connectivity index (χ0n) is 17.1. The van der Waals surface area contributed by atoms with Crippen LogP contribution in [0.2, 0.25) is 0 Å². The van der Waals surface area contributed by atoms with Crippen LogP contribution in [0.5, 0.6) is 0 Å². The molecule has 158 valence electrons. The first-order valence-electron chi connectivity index (χ1n) is 9.27. The predicted octanol–water partition coefficient (Wildman–Crippen LogP) is 5.12. The van der Waals surface area contributed by atoms with E-state index in [0.29, 0.717) is 26.0 Å². The molecule has 3 rings (SSSR count). The number of allylic oxidation sites excluding steroid dienone is 1. The fourth-order valence-corrected chi connectivity index (χ4v) is 4.65. The number of thiophene rings is 1. The van der Waals surface area contributed by atoms with E-state index in [1.54, 1.807) is 13.8 Å². The highest BCUT2D eigenvalue weighted by Gasteiger charge is 2.26. The third kappa shape index (κ3) is 4.82. The van der Waals surface area contributed by atoms with E-state index >= 15 is 0 Å². The predicted molar refractivity (Wildman–Crippen MR) is 121 cm³/mol. The molecule has 0 spiro atoms. The number of thiazole rings is 1. The number of aromatic nitrogens is 1. The Bertz CT molecular complexity index is 1170. The minimum atomic E-state index is -0.554. The Morgan fingerprint density at radius 2 is 2.00 bits per heavy atom. The van der Waals surface area contributed by atoms with Gasteiger partial charge in [-0.05, 0) is 19.4 Å². The molecule has 0 amide bonds. The van der Waals surface area contributed by atoms with Crippen LogP contribution in [0.4, 0.5) is 5.00 Å². The molecule has 1 N–H and O–H groups in total. The molecule has 31 heavy (non-hydrogen) atoms. The van der Waals surface area contributed by atoms with Crippen LogP contribution in [0.3, 0.4) is 0 Å². The largest absolute Gasteiger partial charge is 0.465 e. The second kappa shape index (κ2) is 10.0. The fourth-order valence-electron chi connectivity index (χ4n) is 2.77. The highest BCUT2D eigenvalue weighted by atomic mass is 32.1. The summed E-state index contributed by atoms with van der Waals surface area (Å²) in [6.45, 7) is 3.55. The molecule has 3 aromatic rings. The van der Waals surface area contributed by atoms with E-state index in [1.807, 2.05) is 35.7 Å². The SMILES string of the molecule is CCOC(=O)c1c(NC=C(C#N)c2nc(-c3ccccc3)cs2)sc(C(=O)OC)c1C. The van der Waals surface area contributed by atoms with E-state index in [2.05, 4.69) is 16.4 Å². The van der Waals surface area contributed by atoms with Crippen molar-refractivity contribution in [2.75, 3.05) is 19.0 Å². The van der Waals surface area contributed by atoms with Gasteiger partial charge in [0.25, 0.3) is 0 Å². The van der Waals surface area contributed by atoms with E-state index in [9.17, 15) is 14.9 Å². The molecule has 0 saturated carbocycles. The summed E-state index contributed by atoms with van der Waals surface area (Å²) < 4.78 is 9.93. The summed E-state index contributed by atoms with van der Waals surface area (Å²) in [6.07, 6.45) is 1.47. The Morgan fingerprint density at radius 1 is 1.26 bits per heavy atom. The van der Waals surface area contributed by atoms with Crippen molar-refractivity contribution in [1.29, 1.82) is 5.26 Å². The number of nitrogens with one attached hydrogen (secondary N) is 1. The van der Waals surface area contributed by atoms with Gasteiger partial charge in [-0.3, -0.25) is 0 Å². The first-order valence-corrected chi connectivity index (χ1v) is 11.0. The molecule has 0 aliphatic heterocycles. The average molecular weight is 454 g/mol. The number of benzene rings is 1. The molecule has 2 heterocycles. The Morgan fingerprint density at radius 3 is 2.65 bits per heavy atom. The van der Waals surface area contributed by atoms with Crippen LogP contribution < -0.4 is 5.32 Å². The van der Waals surface area contributed by atoms with Gasteiger partial charge in [-0.2, -0.15) is 5.26 Å². The van der Waals surface area contributed by atoms with E-state index in [4.69, 9.17) is 9.47 Å². The number of hydrogen-bond donors (Lipinski definition) is 1. The molecule has 9 heteroatoms. The average Bonchev–Trinajstić information content (AvgIpc) is 3.40. The first-order chi connectivity index (χ1) is 15.0. The van der Waals surface area contributed by atoms with Gasteiger partial charge in [0.1, 0.15) is 26.5 Å². The molecular weight excluding hydrogens is 434 g/mol. The van der Waals surface area contributed by atoms with Crippen molar-refractivity contribution in [3.8, 4) is 17.3 Å². The number of anilines is 1. The van der Waals surface area contributed by atoms with Crippen molar-refractivity contribution in [1.82, 2.24) is 4.98 Å². The molecule has 7 nitrogen and oxygen atoms in total. The number of carbonyl (C=O) groups is 2. The van der Waals surface area contributed by atoms with E-state index in [1.165, 1.54) is 24.6 Å². The maximum atomic E-state index is 12.5. The summed E-state index contributed by atoms with van der Waals surface area (Å²) in [7, 11) is 1.28. The third-order valence-electron chi connectivity index (χ3n) is 4.27. The lowest BCUT2D eigenvalue weighted by atomic mass is 10.1. The van der Waals surface area contributed by atoms with Crippen LogP contribution >= 0.6 is 22.7 Å². The minimum Gasteiger partial charge on any atom is -0.465 e. The second-order valence-corrected chi connectivity index (χ2v) is 8.07. The first kappa shape index (κ1) is 22.2. The van der Waals surface area contributed by atoms with Crippen molar-refractivity contribution in [3.63, 3.8) is 0 Å². The highest BCUT2D eigenvalue weighted by molar-refractivity contribution is 7.18. The number of carbonyl (C=O) groups excluding carboxylic acids is 2. The minimum absolute atomic E-state index is 0.196. The van der Waals surface area contributed by atoms with Gasteiger partial charge < -0.3 is 14.8 Å². The van der Waals surface area contributed by atoms with Crippen molar-refractivity contribution in [2.24, 2.45) is 0 Å². The van der Waals surface area contributed by atoms with Crippen LogP contribution in [0.25, 0.3) is 16.8 Å². The quantitative estimate of drug-likeness (QED) is 0.391. The smallest absolute Gasteiger partial charge is 0.348 e.